The molecule has 1 N–H and O–H groups in total. The van der Waals surface area contributed by atoms with Crippen molar-refractivity contribution in [2.45, 2.75) is 32.6 Å². The zero-order valence-electron chi connectivity index (χ0n) is 14.9. The van der Waals surface area contributed by atoms with Gasteiger partial charge in [-0.05, 0) is 45.9 Å². The summed E-state index contributed by atoms with van der Waals surface area (Å²) in [5.74, 6) is -0.0853. The molecule has 24 heavy (non-hydrogen) atoms. The molecule has 7 heteroatoms. The van der Waals surface area contributed by atoms with Crippen LogP contribution in [0.4, 0.5) is 0 Å². The molecule has 1 rings (SSSR count). The predicted octanol–water partition coefficient (Wildman–Crippen LogP) is 2.02. The maximum absolute atomic E-state index is 11.0. The van der Waals surface area contributed by atoms with Gasteiger partial charge in [-0.1, -0.05) is 24.3 Å². The van der Waals surface area contributed by atoms with Gasteiger partial charge in [-0.15, -0.1) is 0 Å². The average Bonchev–Trinajstić information content (AvgIpc) is 2.56. The SMILES string of the molecule is C=CC(=O)NC[N+](CC)(CC)CC.Cc1ccc(S(=O)(=O)[O-])cc1. The largest absolute Gasteiger partial charge is 0.744 e. The number of nitrogens with zero attached hydrogens (tertiary/aromatic N) is 1. The first-order valence-corrected chi connectivity index (χ1v) is 9.32. The molecule has 0 heterocycles. The molecule has 0 bridgehead atoms. The number of quaternary nitrogens is 1. The van der Waals surface area contributed by atoms with Crippen LogP contribution >= 0.6 is 0 Å². The normalized spacial score (nSPS) is 11.2. The number of hydrogen-bond donors (Lipinski definition) is 1. The lowest BCUT2D eigenvalue weighted by Crippen LogP contribution is -2.53. The molecule has 0 fully saturated rings. The summed E-state index contributed by atoms with van der Waals surface area (Å²) in [5, 5.41) is 2.84. The Morgan fingerprint density at radius 3 is 1.96 bits per heavy atom. The van der Waals surface area contributed by atoms with Crippen molar-refractivity contribution in [3.05, 3.63) is 42.5 Å². The summed E-state index contributed by atoms with van der Waals surface area (Å²) < 4.78 is 32.1. The van der Waals surface area contributed by atoms with Gasteiger partial charge in [0.25, 0.3) is 0 Å². The van der Waals surface area contributed by atoms with Crippen LogP contribution < -0.4 is 5.32 Å². The summed E-state index contributed by atoms with van der Waals surface area (Å²) >= 11 is 0. The van der Waals surface area contributed by atoms with E-state index in [-0.39, 0.29) is 10.8 Å². The highest BCUT2D eigenvalue weighted by molar-refractivity contribution is 7.85. The Bertz CT molecular complexity index is 612. The fraction of sp³-hybridized carbons (Fsp3) is 0.471. The van der Waals surface area contributed by atoms with Crippen molar-refractivity contribution in [2.75, 3.05) is 26.3 Å². The van der Waals surface area contributed by atoms with Crippen LogP contribution in [-0.2, 0) is 14.9 Å². The molecular formula is C17H28N2O4S. The smallest absolute Gasteiger partial charge is 0.247 e. The van der Waals surface area contributed by atoms with E-state index in [0.29, 0.717) is 6.67 Å². The van der Waals surface area contributed by atoms with Crippen molar-refractivity contribution in [3.63, 3.8) is 0 Å². The Labute approximate surface area is 145 Å². The van der Waals surface area contributed by atoms with Crippen molar-refractivity contribution in [3.8, 4) is 0 Å². The minimum Gasteiger partial charge on any atom is -0.744 e. The van der Waals surface area contributed by atoms with E-state index < -0.39 is 10.1 Å². The van der Waals surface area contributed by atoms with Gasteiger partial charge in [-0.3, -0.25) is 4.79 Å². The van der Waals surface area contributed by atoms with Gasteiger partial charge in [-0.2, -0.15) is 0 Å². The topological polar surface area (TPSA) is 86.3 Å². The van der Waals surface area contributed by atoms with E-state index in [9.17, 15) is 17.8 Å². The van der Waals surface area contributed by atoms with E-state index in [4.69, 9.17) is 0 Å². The predicted molar refractivity (Wildman–Crippen MR) is 94.2 cm³/mol. The van der Waals surface area contributed by atoms with Gasteiger partial charge in [0.05, 0.1) is 24.5 Å². The molecule has 6 nitrogen and oxygen atoms in total. The highest BCUT2D eigenvalue weighted by Gasteiger charge is 2.20. The molecule has 0 saturated heterocycles. The van der Waals surface area contributed by atoms with Crippen LogP contribution in [0.3, 0.4) is 0 Å². The third kappa shape index (κ3) is 7.72. The fourth-order valence-electron chi connectivity index (χ4n) is 2.03. The van der Waals surface area contributed by atoms with Crippen LogP contribution in [0, 0.1) is 6.92 Å². The van der Waals surface area contributed by atoms with E-state index in [1.54, 1.807) is 12.1 Å². The summed E-state index contributed by atoms with van der Waals surface area (Å²) in [6.45, 7) is 15.5. The van der Waals surface area contributed by atoms with E-state index in [2.05, 4.69) is 32.7 Å². The molecule has 1 aromatic carbocycles. The van der Waals surface area contributed by atoms with Crippen LogP contribution in [0.2, 0.25) is 0 Å². The zero-order valence-corrected chi connectivity index (χ0v) is 15.7. The van der Waals surface area contributed by atoms with Gasteiger partial charge in [0.2, 0.25) is 5.91 Å². The second kappa shape index (κ2) is 10.2. The van der Waals surface area contributed by atoms with Crippen molar-refractivity contribution >= 4 is 16.0 Å². The molecule has 0 aromatic heterocycles. The Kier molecular flexibility index (Phi) is 9.50. The van der Waals surface area contributed by atoms with Crippen molar-refractivity contribution < 1.29 is 22.2 Å². The van der Waals surface area contributed by atoms with Crippen LogP contribution in [0.1, 0.15) is 26.3 Å². The number of carbonyl (C=O) groups is 1. The Morgan fingerprint density at radius 2 is 1.62 bits per heavy atom. The summed E-state index contributed by atoms with van der Waals surface area (Å²) in [7, 11) is -4.27. The van der Waals surface area contributed by atoms with Gasteiger partial charge in [0.15, 0.2) is 6.67 Å². The van der Waals surface area contributed by atoms with Gasteiger partial charge in [-0.25, -0.2) is 8.42 Å². The van der Waals surface area contributed by atoms with Crippen LogP contribution in [0.15, 0.2) is 41.8 Å². The Hall–Kier alpha value is -1.70. The zero-order chi connectivity index (χ0) is 18.8. The third-order valence-corrected chi connectivity index (χ3v) is 4.95. The number of hydrogen-bond acceptors (Lipinski definition) is 4. The molecule has 0 aliphatic rings. The summed E-state index contributed by atoms with van der Waals surface area (Å²) in [4.78, 5) is 10.8. The van der Waals surface area contributed by atoms with Gasteiger partial charge >= 0.3 is 0 Å². The molecule has 0 aliphatic carbocycles. The molecule has 0 spiro atoms. The quantitative estimate of drug-likeness (QED) is 0.350. The lowest BCUT2D eigenvalue weighted by atomic mass is 10.2. The van der Waals surface area contributed by atoms with Gasteiger partial charge in [0.1, 0.15) is 10.1 Å². The van der Waals surface area contributed by atoms with Crippen molar-refractivity contribution in [2.24, 2.45) is 0 Å². The van der Waals surface area contributed by atoms with E-state index in [0.717, 1.165) is 29.7 Å². The first-order chi connectivity index (χ1) is 11.1. The fourth-order valence-corrected chi connectivity index (χ4v) is 2.50. The standard InChI is InChI=1S/C10H20N2O.C7H8O3S/c1-5-10(13)11-9-12(6-2,7-3)8-4;1-6-2-4-7(5-3-6)11(8,9)10/h5H,1,6-9H2,2-4H3;2-5H,1H3,(H,8,9,10). The van der Waals surface area contributed by atoms with Gasteiger partial charge in [0, 0.05) is 0 Å². The molecule has 0 radical (unpaired) electrons. The summed E-state index contributed by atoms with van der Waals surface area (Å²) in [6, 6.07) is 5.78. The first kappa shape index (κ1) is 22.3. The molecular weight excluding hydrogens is 328 g/mol. The summed E-state index contributed by atoms with van der Waals surface area (Å²) in [5.41, 5.74) is 0.928. The second-order valence-corrected chi connectivity index (χ2v) is 6.84. The highest BCUT2D eigenvalue weighted by atomic mass is 32.2. The number of rotatable bonds is 7. The number of amides is 1. The molecule has 0 saturated carbocycles. The van der Waals surface area contributed by atoms with Crippen LogP contribution in [0.5, 0.6) is 0 Å². The molecule has 0 atom stereocenters. The molecule has 0 unspecified atom stereocenters. The molecule has 136 valence electrons. The summed E-state index contributed by atoms with van der Waals surface area (Å²) in [6.07, 6.45) is 1.32. The Balaban J connectivity index is 0.000000446. The highest BCUT2D eigenvalue weighted by Crippen LogP contribution is 2.08. The lowest BCUT2D eigenvalue weighted by Gasteiger charge is -2.35. The van der Waals surface area contributed by atoms with Crippen molar-refractivity contribution in [1.82, 2.24) is 5.32 Å². The van der Waals surface area contributed by atoms with E-state index in [1.807, 2.05) is 6.92 Å². The third-order valence-electron chi connectivity index (χ3n) is 4.10. The van der Waals surface area contributed by atoms with Crippen LogP contribution in [-0.4, -0.2) is 49.7 Å². The molecule has 1 aromatic rings. The van der Waals surface area contributed by atoms with E-state index in [1.165, 1.54) is 18.2 Å². The van der Waals surface area contributed by atoms with E-state index >= 15 is 0 Å². The minimum atomic E-state index is -4.27. The average molecular weight is 356 g/mol. The minimum absolute atomic E-state index is 0.0853. The monoisotopic (exact) mass is 356 g/mol. The van der Waals surface area contributed by atoms with Crippen LogP contribution in [0.25, 0.3) is 0 Å². The maximum atomic E-state index is 11.0. The Morgan fingerprint density at radius 1 is 1.17 bits per heavy atom. The molecule has 0 aliphatic heterocycles. The number of nitrogens with one attached hydrogen (secondary N) is 1. The first-order valence-electron chi connectivity index (χ1n) is 7.92. The number of aryl methyl sites for hydroxylation is 1. The second-order valence-electron chi connectivity index (χ2n) is 5.46. The molecule has 1 amide bonds. The number of carbonyl (C=O) groups excluding carboxylic acids is 1. The van der Waals surface area contributed by atoms with Gasteiger partial charge < -0.3 is 14.4 Å². The number of benzene rings is 1. The maximum Gasteiger partial charge on any atom is 0.247 e. The lowest BCUT2D eigenvalue weighted by molar-refractivity contribution is -0.924. The van der Waals surface area contributed by atoms with Crippen molar-refractivity contribution in [1.29, 1.82) is 0 Å².